The smallest absolute Gasteiger partial charge is 0.408 e. The molecule has 0 radical (unpaired) electrons. The first kappa shape index (κ1) is 19.6. The van der Waals surface area contributed by atoms with Gasteiger partial charge >= 0.3 is 5.76 Å². The van der Waals surface area contributed by atoms with E-state index in [9.17, 15) is 9.18 Å². The number of hydrogen-bond donors (Lipinski definition) is 0. The maximum absolute atomic E-state index is 13.7. The van der Waals surface area contributed by atoms with E-state index in [2.05, 4.69) is 18.7 Å². The van der Waals surface area contributed by atoms with Crippen molar-refractivity contribution in [1.82, 2.24) is 9.47 Å². The molecule has 0 unspecified atom stereocenters. The van der Waals surface area contributed by atoms with E-state index in [0.29, 0.717) is 17.2 Å². The molecule has 0 spiro atoms. The van der Waals surface area contributed by atoms with Crippen molar-refractivity contribution in [3.05, 3.63) is 34.6 Å². The monoisotopic (exact) mass is 390 g/mol. The second kappa shape index (κ2) is 7.99. The number of fused-ring (bicyclic) bond motifs is 1. The molecule has 0 N–H and O–H groups in total. The Morgan fingerprint density at radius 3 is 2.61 bits per heavy atom. The van der Waals surface area contributed by atoms with Gasteiger partial charge in [0.2, 0.25) is 0 Å². The van der Waals surface area contributed by atoms with Gasteiger partial charge in [-0.3, -0.25) is 9.47 Å². The quantitative estimate of drug-likeness (QED) is 0.754. The molecule has 0 bridgehead atoms. The lowest BCUT2D eigenvalue weighted by molar-refractivity contribution is -0.0306. The standard InChI is InChI=1S/C22H31FN2O3/c1-3-14-27-18-6-10-22(2,11-7-18)24-12-8-17(9-13-24)25-19-15-16(23)4-5-20(19)28-21(25)26/h4-5,15,17-18H,3,6-14H2,1-2H3/t18-,22-. The average Bonchev–Trinajstić information content (AvgIpc) is 3.02. The molecule has 4 rings (SSSR count). The van der Waals surface area contributed by atoms with E-state index in [1.807, 2.05) is 0 Å². The van der Waals surface area contributed by atoms with E-state index >= 15 is 0 Å². The zero-order chi connectivity index (χ0) is 19.7. The van der Waals surface area contributed by atoms with Crippen LogP contribution >= 0.6 is 0 Å². The topological polar surface area (TPSA) is 47.6 Å². The van der Waals surface area contributed by atoms with Crippen molar-refractivity contribution in [2.75, 3.05) is 19.7 Å². The minimum atomic E-state index is -0.376. The van der Waals surface area contributed by atoms with Crippen LogP contribution < -0.4 is 5.76 Å². The molecular formula is C22H31FN2O3. The van der Waals surface area contributed by atoms with Crippen molar-refractivity contribution < 1.29 is 13.5 Å². The van der Waals surface area contributed by atoms with Crippen molar-refractivity contribution in [3.8, 4) is 0 Å². The fourth-order valence-electron chi connectivity index (χ4n) is 5.00. The molecule has 0 atom stereocenters. The zero-order valence-electron chi connectivity index (χ0n) is 17.0. The summed E-state index contributed by atoms with van der Waals surface area (Å²) in [5.74, 6) is -0.715. The van der Waals surface area contributed by atoms with Gasteiger partial charge in [-0.25, -0.2) is 9.18 Å². The third-order valence-electron chi connectivity index (χ3n) is 6.74. The number of hydrogen-bond acceptors (Lipinski definition) is 4. The van der Waals surface area contributed by atoms with Crippen LogP contribution in [0.15, 0.2) is 27.4 Å². The van der Waals surface area contributed by atoms with Crippen LogP contribution in [0.3, 0.4) is 0 Å². The summed E-state index contributed by atoms with van der Waals surface area (Å²) in [7, 11) is 0. The number of likely N-dealkylation sites (tertiary alicyclic amines) is 1. The highest BCUT2D eigenvalue weighted by molar-refractivity contribution is 5.73. The third-order valence-corrected chi connectivity index (χ3v) is 6.74. The van der Waals surface area contributed by atoms with E-state index in [4.69, 9.17) is 9.15 Å². The summed E-state index contributed by atoms with van der Waals surface area (Å²) in [6, 6.07) is 4.35. The Hall–Kier alpha value is -1.66. The predicted molar refractivity (Wildman–Crippen MR) is 107 cm³/mol. The molecule has 1 aromatic carbocycles. The molecule has 1 aliphatic heterocycles. The van der Waals surface area contributed by atoms with Gasteiger partial charge in [0.25, 0.3) is 0 Å². The van der Waals surface area contributed by atoms with Gasteiger partial charge in [0.1, 0.15) is 5.82 Å². The zero-order valence-corrected chi connectivity index (χ0v) is 17.0. The van der Waals surface area contributed by atoms with Crippen LogP contribution in [0.2, 0.25) is 0 Å². The molecule has 2 aromatic rings. The number of halogens is 1. The van der Waals surface area contributed by atoms with E-state index in [1.165, 1.54) is 18.2 Å². The fraction of sp³-hybridized carbons (Fsp3) is 0.682. The molecule has 154 valence electrons. The van der Waals surface area contributed by atoms with Crippen LogP contribution in [0.4, 0.5) is 4.39 Å². The summed E-state index contributed by atoms with van der Waals surface area (Å²) < 4.78 is 26.6. The summed E-state index contributed by atoms with van der Waals surface area (Å²) in [6.45, 7) is 7.30. The second-order valence-electron chi connectivity index (χ2n) is 8.64. The maximum Gasteiger partial charge on any atom is 0.420 e. The van der Waals surface area contributed by atoms with Crippen LogP contribution in [0.5, 0.6) is 0 Å². The molecule has 2 aliphatic rings. The Kier molecular flexibility index (Phi) is 5.61. The van der Waals surface area contributed by atoms with Gasteiger partial charge in [0.05, 0.1) is 11.6 Å². The highest BCUT2D eigenvalue weighted by atomic mass is 19.1. The largest absolute Gasteiger partial charge is 0.420 e. The lowest BCUT2D eigenvalue weighted by atomic mass is 9.79. The minimum absolute atomic E-state index is 0.0691. The summed E-state index contributed by atoms with van der Waals surface area (Å²) in [5, 5.41) is 0. The Morgan fingerprint density at radius 2 is 1.93 bits per heavy atom. The van der Waals surface area contributed by atoms with Crippen molar-refractivity contribution in [2.24, 2.45) is 0 Å². The van der Waals surface area contributed by atoms with Gasteiger partial charge in [-0.2, -0.15) is 0 Å². The van der Waals surface area contributed by atoms with Crippen molar-refractivity contribution in [2.45, 2.75) is 76.5 Å². The lowest BCUT2D eigenvalue weighted by Crippen LogP contribution is -2.53. The highest BCUT2D eigenvalue weighted by Gasteiger charge is 2.38. The second-order valence-corrected chi connectivity index (χ2v) is 8.64. The molecule has 2 heterocycles. The number of rotatable bonds is 5. The van der Waals surface area contributed by atoms with Gasteiger partial charge in [-0.1, -0.05) is 6.92 Å². The van der Waals surface area contributed by atoms with Crippen molar-refractivity contribution in [1.29, 1.82) is 0 Å². The molecular weight excluding hydrogens is 359 g/mol. The highest BCUT2D eigenvalue weighted by Crippen LogP contribution is 2.38. The molecule has 1 aromatic heterocycles. The van der Waals surface area contributed by atoms with E-state index in [-0.39, 0.29) is 23.2 Å². The Morgan fingerprint density at radius 1 is 1.21 bits per heavy atom. The number of ether oxygens (including phenoxy) is 1. The van der Waals surface area contributed by atoms with Gasteiger partial charge < -0.3 is 9.15 Å². The summed E-state index contributed by atoms with van der Waals surface area (Å²) in [4.78, 5) is 15.0. The predicted octanol–water partition coefficient (Wildman–Crippen LogP) is 4.50. The van der Waals surface area contributed by atoms with Crippen LogP contribution in [-0.4, -0.2) is 40.8 Å². The fourth-order valence-corrected chi connectivity index (χ4v) is 5.00. The van der Waals surface area contributed by atoms with Crippen LogP contribution in [-0.2, 0) is 4.74 Å². The number of benzene rings is 1. The molecule has 1 saturated carbocycles. The minimum Gasteiger partial charge on any atom is -0.408 e. The SMILES string of the molecule is CCCO[C@H]1CC[C@](C)(N2CCC(n3c(=O)oc4ccc(F)cc43)CC2)CC1. The number of oxazole rings is 1. The van der Waals surface area contributed by atoms with Gasteiger partial charge in [-0.05, 0) is 64.0 Å². The van der Waals surface area contributed by atoms with Gasteiger partial charge in [0, 0.05) is 37.3 Å². The molecule has 6 heteroatoms. The first-order chi connectivity index (χ1) is 13.5. The number of aromatic nitrogens is 1. The van der Waals surface area contributed by atoms with Crippen LogP contribution in [0, 0.1) is 5.82 Å². The molecule has 1 saturated heterocycles. The number of piperidine rings is 1. The lowest BCUT2D eigenvalue weighted by Gasteiger charge is -2.48. The molecule has 5 nitrogen and oxygen atoms in total. The first-order valence-corrected chi connectivity index (χ1v) is 10.7. The number of nitrogens with zero attached hydrogens (tertiary/aromatic N) is 2. The van der Waals surface area contributed by atoms with E-state index in [0.717, 1.165) is 64.6 Å². The maximum atomic E-state index is 13.7. The van der Waals surface area contributed by atoms with Gasteiger partial charge in [0.15, 0.2) is 5.58 Å². The molecule has 2 fully saturated rings. The summed E-state index contributed by atoms with van der Waals surface area (Å²) in [5.41, 5.74) is 1.25. The Labute approximate surface area is 165 Å². The summed E-state index contributed by atoms with van der Waals surface area (Å²) >= 11 is 0. The summed E-state index contributed by atoms with van der Waals surface area (Å²) in [6.07, 6.45) is 7.83. The molecule has 28 heavy (non-hydrogen) atoms. The normalized spacial score (nSPS) is 27.5. The van der Waals surface area contributed by atoms with Crippen LogP contribution in [0.1, 0.15) is 64.8 Å². The third kappa shape index (κ3) is 3.77. The van der Waals surface area contributed by atoms with E-state index < -0.39 is 0 Å². The first-order valence-electron chi connectivity index (χ1n) is 10.7. The Balaban J connectivity index is 1.41. The van der Waals surface area contributed by atoms with Crippen molar-refractivity contribution in [3.63, 3.8) is 0 Å². The average molecular weight is 390 g/mol. The van der Waals surface area contributed by atoms with Crippen LogP contribution in [0.25, 0.3) is 11.1 Å². The van der Waals surface area contributed by atoms with E-state index in [1.54, 1.807) is 4.57 Å². The van der Waals surface area contributed by atoms with Crippen molar-refractivity contribution >= 4 is 11.1 Å². The molecule has 0 amide bonds. The van der Waals surface area contributed by atoms with Gasteiger partial charge in [-0.15, -0.1) is 0 Å². The Bertz CT molecular complexity index is 858. The molecule has 1 aliphatic carbocycles.